The second-order valence-electron chi connectivity index (χ2n) is 5.50. The van der Waals surface area contributed by atoms with Crippen LogP contribution >= 0.6 is 11.3 Å². The molecule has 1 aliphatic rings. The first-order valence-corrected chi connectivity index (χ1v) is 8.44. The number of allylic oxidation sites excluding steroid dienone is 1. The number of aromatic nitrogens is 2. The molecule has 0 bridgehead atoms. The van der Waals surface area contributed by atoms with Crippen molar-refractivity contribution in [3.63, 3.8) is 0 Å². The average Bonchev–Trinajstić information content (AvgIpc) is 3.29. The Hall–Kier alpha value is -3.24. The van der Waals surface area contributed by atoms with Gasteiger partial charge >= 0.3 is 0 Å². The van der Waals surface area contributed by atoms with E-state index in [2.05, 4.69) is 16.3 Å². The largest absolute Gasteiger partial charge is 0.497 e. The van der Waals surface area contributed by atoms with Gasteiger partial charge in [0.25, 0.3) is 0 Å². The van der Waals surface area contributed by atoms with E-state index in [9.17, 15) is 5.26 Å². The number of aromatic amines is 1. The number of benzene rings is 1. The minimum atomic E-state index is -0.375. The third-order valence-corrected chi connectivity index (χ3v) is 5.02. The van der Waals surface area contributed by atoms with Crippen LogP contribution in [-0.2, 0) is 0 Å². The lowest BCUT2D eigenvalue weighted by molar-refractivity contribution is 0.378. The lowest BCUT2D eigenvalue weighted by Gasteiger charge is -2.24. The number of thiophene rings is 1. The predicted octanol–water partition coefficient (Wildman–Crippen LogP) is 3.36. The number of nitrogens with zero attached hydrogens (tertiary/aromatic N) is 2. The van der Waals surface area contributed by atoms with Crippen molar-refractivity contribution in [2.75, 3.05) is 7.11 Å². The van der Waals surface area contributed by atoms with Crippen molar-refractivity contribution in [1.82, 2.24) is 10.2 Å². The molecule has 3 N–H and O–H groups in total. The molecule has 2 aromatic heterocycles. The third kappa shape index (κ3) is 2.44. The molecule has 1 unspecified atom stereocenters. The summed E-state index contributed by atoms with van der Waals surface area (Å²) in [4.78, 5) is 1.02. The van der Waals surface area contributed by atoms with Crippen LogP contribution in [0.4, 0.5) is 0 Å². The van der Waals surface area contributed by atoms with Crippen molar-refractivity contribution in [3.8, 4) is 28.3 Å². The molecular formula is C18H14N4O2S. The van der Waals surface area contributed by atoms with Crippen LogP contribution in [-0.4, -0.2) is 17.3 Å². The topological polar surface area (TPSA) is 96.9 Å². The molecule has 0 saturated carbocycles. The Morgan fingerprint density at radius 3 is 2.96 bits per heavy atom. The number of methoxy groups -OCH3 is 1. The van der Waals surface area contributed by atoms with Crippen LogP contribution in [0.5, 0.6) is 11.6 Å². The summed E-state index contributed by atoms with van der Waals surface area (Å²) in [5.41, 5.74) is 8.87. The van der Waals surface area contributed by atoms with E-state index in [1.54, 1.807) is 18.4 Å². The molecule has 1 aliphatic heterocycles. The van der Waals surface area contributed by atoms with Crippen LogP contribution in [0.25, 0.3) is 10.6 Å². The van der Waals surface area contributed by atoms with E-state index in [-0.39, 0.29) is 11.8 Å². The molecule has 25 heavy (non-hydrogen) atoms. The normalized spacial score (nSPS) is 16.1. The van der Waals surface area contributed by atoms with Crippen molar-refractivity contribution in [1.29, 1.82) is 5.26 Å². The summed E-state index contributed by atoms with van der Waals surface area (Å²) in [7, 11) is 1.61. The van der Waals surface area contributed by atoms with E-state index < -0.39 is 0 Å². The van der Waals surface area contributed by atoms with Crippen LogP contribution in [0, 0.1) is 11.3 Å². The highest BCUT2D eigenvalue weighted by molar-refractivity contribution is 7.13. The molecule has 124 valence electrons. The van der Waals surface area contributed by atoms with E-state index in [1.165, 1.54) is 0 Å². The summed E-state index contributed by atoms with van der Waals surface area (Å²) in [5.74, 6) is 0.807. The first kappa shape index (κ1) is 15.3. The number of rotatable bonds is 3. The van der Waals surface area contributed by atoms with Crippen molar-refractivity contribution in [2.24, 2.45) is 5.73 Å². The number of nitrogens with one attached hydrogen (secondary N) is 1. The van der Waals surface area contributed by atoms with E-state index in [0.29, 0.717) is 17.2 Å². The molecule has 4 rings (SSSR count). The molecule has 0 aliphatic carbocycles. The lowest BCUT2D eigenvalue weighted by Crippen LogP contribution is -2.20. The molecule has 0 amide bonds. The van der Waals surface area contributed by atoms with Gasteiger partial charge in [0.05, 0.1) is 29.2 Å². The maximum absolute atomic E-state index is 9.68. The molecule has 0 radical (unpaired) electrons. The first-order valence-electron chi connectivity index (χ1n) is 7.56. The highest BCUT2D eigenvalue weighted by Gasteiger charge is 2.35. The summed E-state index contributed by atoms with van der Waals surface area (Å²) in [6.45, 7) is 0. The number of nitriles is 1. The van der Waals surface area contributed by atoms with Crippen molar-refractivity contribution >= 4 is 11.3 Å². The number of fused-ring (bicyclic) bond motifs is 1. The molecule has 3 aromatic rings. The summed E-state index contributed by atoms with van der Waals surface area (Å²) >= 11 is 1.59. The molecule has 0 spiro atoms. The van der Waals surface area contributed by atoms with Crippen molar-refractivity contribution in [2.45, 2.75) is 5.92 Å². The fourth-order valence-corrected chi connectivity index (χ4v) is 3.74. The summed E-state index contributed by atoms with van der Waals surface area (Å²) in [6.07, 6.45) is 0. The predicted molar refractivity (Wildman–Crippen MR) is 94.2 cm³/mol. The zero-order valence-corrected chi connectivity index (χ0v) is 14.1. The molecule has 3 heterocycles. The monoisotopic (exact) mass is 350 g/mol. The Morgan fingerprint density at radius 1 is 1.36 bits per heavy atom. The van der Waals surface area contributed by atoms with Crippen LogP contribution in [0.3, 0.4) is 0 Å². The SMILES string of the molecule is COc1cccc(C2C(C#N)=C(N)Oc3n[nH]c(-c4cccs4)c32)c1. The van der Waals surface area contributed by atoms with Gasteiger partial charge in [-0.05, 0) is 29.1 Å². The molecule has 1 aromatic carbocycles. The summed E-state index contributed by atoms with van der Waals surface area (Å²) < 4.78 is 10.9. The smallest absolute Gasteiger partial charge is 0.244 e. The maximum Gasteiger partial charge on any atom is 0.244 e. The quantitative estimate of drug-likeness (QED) is 0.755. The van der Waals surface area contributed by atoms with Crippen molar-refractivity contribution < 1.29 is 9.47 Å². The second-order valence-corrected chi connectivity index (χ2v) is 6.44. The van der Waals surface area contributed by atoms with E-state index in [4.69, 9.17) is 15.2 Å². The minimum Gasteiger partial charge on any atom is -0.497 e. The highest BCUT2D eigenvalue weighted by atomic mass is 32.1. The third-order valence-electron chi connectivity index (χ3n) is 4.13. The number of hydrogen-bond acceptors (Lipinski definition) is 6. The highest BCUT2D eigenvalue weighted by Crippen LogP contribution is 2.46. The Kier molecular flexibility index (Phi) is 3.67. The Morgan fingerprint density at radius 2 is 2.24 bits per heavy atom. The second kappa shape index (κ2) is 6.00. The Labute approximate surface area is 148 Å². The molecule has 6 nitrogen and oxygen atoms in total. The summed E-state index contributed by atoms with van der Waals surface area (Å²) in [6, 6.07) is 13.7. The van der Waals surface area contributed by atoms with E-state index in [1.807, 2.05) is 41.8 Å². The van der Waals surface area contributed by atoms with Gasteiger partial charge in [-0.1, -0.05) is 18.2 Å². The fourth-order valence-electron chi connectivity index (χ4n) is 3.01. The van der Waals surface area contributed by atoms with Crippen molar-refractivity contribution in [3.05, 3.63) is 64.4 Å². The standard InChI is InChI=1S/C18H14N4O2S/c1-23-11-5-2-4-10(8-11)14-12(9-19)17(20)24-18-15(14)16(21-22-18)13-6-3-7-25-13/h2-8,14H,20H2,1H3,(H,21,22). The number of H-pyrrole nitrogens is 1. The van der Waals surface area contributed by atoms with Crippen LogP contribution < -0.4 is 15.2 Å². The molecule has 7 heteroatoms. The van der Waals surface area contributed by atoms with Crippen LogP contribution in [0.2, 0.25) is 0 Å². The van der Waals surface area contributed by atoms with E-state index in [0.717, 1.165) is 21.7 Å². The van der Waals surface area contributed by atoms with Gasteiger partial charge in [-0.3, -0.25) is 5.10 Å². The first-order chi connectivity index (χ1) is 12.2. The maximum atomic E-state index is 9.68. The fraction of sp³-hybridized carbons (Fsp3) is 0.111. The van der Waals surface area contributed by atoms with Gasteiger partial charge in [-0.25, -0.2) is 0 Å². The van der Waals surface area contributed by atoms with Crippen LogP contribution in [0.1, 0.15) is 17.0 Å². The lowest BCUT2D eigenvalue weighted by atomic mass is 9.84. The summed E-state index contributed by atoms with van der Waals surface area (Å²) in [5, 5.41) is 18.9. The molecular weight excluding hydrogens is 336 g/mol. The zero-order valence-electron chi connectivity index (χ0n) is 13.3. The van der Waals surface area contributed by atoms with Gasteiger partial charge in [0, 0.05) is 0 Å². The van der Waals surface area contributed by atoms with Gasteiger partial charge in [-0.2, -0.15) is 5.26 Å². The molecule has 0 fully saturated rings. The minimum absolute atomic E-state index is 0.0760. The Bertz CT molecular complexity index is 999. The van der Waals surface area contributed by atoms with E-state index >= 15 is 0 Å². The van der Waals surface area contributed by atoms with Gasteiger partial charge in [0.2, 0.25) is 11.8 Å². The van der Waals surface area contributed by atoms with Gasteiger partial charge < -0.3 is 15.2 Å². The van der Waals surface area contributed by atoms with Gasteiger partial charge in [-0.15, -0.1) is 16.4 Å². The zero-order chi connectivity index (χ0) is 17.4. The van der Waals surface area contributed by atoms with Gasteiger partial charge in [0.15, 0.2) is 0 Å². The molecule has 0 saturated heterocycles. The van der Waals surface area contributed by atoms with Crippen LogP contribution in [0.15, 0.2) is 53.2 Å². The van der Waals surface area contributed by atoms with Gasteiger partial charge in [0.1, 0.15) is 17.4 Å². The molecule has 1 atom stereocenters. The Balaban J connectivity index is 1.95. The average molecular weight is 350 g/mol. The number of hydrogen-bond donors (Lipinski definition) is 2. The number of nitrogens with two attached hydrogens (primary N) is 1. The number of ether oxygens (including phenoxy) is 2.